The summed E-state index contributed by atoms with van der Waals surface area (Å²) in [7, 11) is 0. The highest BCUT2D eigenvalue weighted by molar-refractivity contribution is 9.10. The van der Waals surface area contributed by atoms with E-state index < -0.39 is 17.2 Å². The van der Waals surface area contributed by atoms with Gasteiger partial charge in [-0.15, -0.1) is 0 Å². The Morgan fingerprint density at radius 2 is 2.07 bits per heavy atom. The van der Waals surface area contributed by atoms with Gasteiger partial charge < -0.3 is 9.47 Å². The summed E-state index contributed by atoms with van der Waals surface area (Å²) in [6.45, 7) is 5.44. The van der Waals surface area contributed by atoms with E-state index in [4.69, 9.17) is 26.1 Å². The van der Waals surface area contributed by atoms with E-state index in [1.54, 1.807) is 12.3 Å². The highest BCUT2D eigenvalue weighted by Gasteiger charge is 2.47. The predicted molar refractivity (Wildman–Crippen MR) is 114 cm³/mol. The monoisotopic (exact) mass is 481 g/mol. The lowest BCUT2D eigenvalue weighted by Gasteiger charge is -2.34. The van der Waals surface area contributed by atoms with Crippen molar-refractivity contribution >= 4 is 50.6 Å². The lowest BCUT2D eigenvalue weighted by molar-refractivity contribution is 0.0564. The Labute approximate surface area is 180 Å². The Morgan fingerprint density at radius 3 is 2.82 bits per heavy atom. The molecular weight excluding hydrogens is 466 g/mol. The predicted octanol–water partition coefficient (Wildman–Crippen LogP) is 5.47. The summed E-state index contributed by atoms with van der Waals surface area (Å²) in [6, 6.07) is 7.54. The number of aromatic nitrogens is 1. The minimum absolute atomic E-state index is 0.355. The molecule has 146 valence electrons. The van der Waals surface area contributed by atoms with Crippen molar-refractivity contribution < 1.29 is 14.3 Å². The van der Waals surface area contributed by atoms with Crippen LogP contribution in [0.4, 0.5) is 4.79 Å². The van der Waals surface area contributed by atoms with Crippen LogP contribution in [-0.2, 0) is 10.3 Å². The maximum absolute atomic E-state index is 12.2. The molecule has 28 heavy (non-hydrogen) atoms. The Morgan fingerprint density at radius 1 is 1.32 bits per heavy atom. The fraction of sp³-hybridized carbons (Fsp3) is 0.316. The van der Waals surface area contributed by atoms with Crippen molar-refractivity contribution in [3.05, 3.63) is 51.2 Å². The third-order valence-corrected chi connectivity index (χ3v) is 5.93. The number of ether oxygens (including phenoxy) is 2. The standard InChI is InChI=1S/C19H17BrClN3O3S/c1-18(2,3)27-17(25)23-16-24-19(9-28-16)11-6-10(20)4-5-13(11)26-14-8-22-15(21)7-12(14)19/h4-8H,9H2,1-3H3,(H,23,24,25). The number of amidine groups is 1. The Bertz CT molecular complexity index is 955. The van der Waals surface area contributed by atoms with Gasteiger partial charge in [0.1, 0.15) is 22.0 Å². The highest BCUT2D eigenvalue weighted by Crippen LogP contribution is 2.53. The number of rotatable bonds is 0. The molecule has 2 aliphatic heterocycles. The fourth-order valence-corrected chi connectivity index (χ4v) is 4.76. The molecule has 0 saturated carbocycles. The average molecular weight is 483 g/mol. The van der Waals surface area contributed by atoms with Crippen molar-refractivity contribution in [1.29, 1.82) is 0 Å². The van der Waals surface area contributed by atoms with E-state index in [9.17, 15) is 4.79 Å². The number of alkyl carbamates (subject to hydrolysis) is 1. The van der Waals surface area contributed by atoms with Crippen LogP contribution in [0.5, 0.6) is 11.5 Å². The third kappa shape index (κ3) is 3.60. The highest BCUT2D eigenvalue weighted by atomic mass is 79.9. The average Bonchev–Trinajstić information content (AvgIpc) is 2.99. The molecule has 9 heteroatoms. The summed E-state index contributed by atoms with van der Waals surface area (Å²) in [5.41, 5.74) is 0.374. The zero-order valence-electron chi connectivity index (χ0n) is 15.4. The van der Waals surface area contributed by atoms with Gasteiger partial charge in [-0.3, -0.25) is 5.32 Å². The van der Waals surface area contributed by atoms with Crippen LogP contribution in [0.15, 0.2) is 39.9 Å². The second kappa shape index (κ2) is 6.93. The molecular formula is C19H17BrClN3O3S. The van der Waals surface area contributed by atoms with Gasteiger partial charge in [0.25, 0.3) is 0 Å². The Kier molecular flexibility index (Phi) is 4.84. The Balaban J connectivity index is 1.78. The maximum Gasteiger partial charge on any atom is 0.413 e. The number of nitrogens with zero attached hydrogens (tertiary/aromatic N) is 2. The molecule has 1 unspecified atom stereocenters. The van der Waals surface area contributed by atoms with Crippen molar-refractivity contribution in [2.75, 3.05) is 5.75 Å². The van der Waals surface area contributed by atoms with Gasteiger partial charge in [-0.2, -0.15) is 0 Å². The molecule has 0 fully saturated rings. The van der Waals surface area contributed by atoms with Crippen molar-refractivity contribution in [2.45, 2.75) is 31.9 Å². The first-order chi connectivity index (χ1) is 13.2. The van der Waals surface area contributed by atoms with E-state index in [1.807, 2.05) is 39.0 Å². The maximum atomic E-state index is 12.2. The van der Waals surface area contributed by atoms with Crippen LogP contribution in [0.2, 0.25) is 5.15 Å². The molecule has 0 aliphatic carbocycles. The molecule has 1 aromatic heterocycles. The lowest BCUT2D eigenvalue weighted by Crippen LogP contribution is -2.35. The molecule has 4 rings (SSSR count). The molecule has 2 aliphatic rings. The Hall–Kier alpha value is -1.77. The number of benzene rings is 1. The van der Waals surface area contributed by atoms with E-state index in [-0.39, 0.29) is 0 Å². The largest absolute Gasteiger partial charge is 0.455 e. The number of nitrogens with one attached hydrogen (secondary N) is 1. The minimum atomic E-state index is -0.742. The van der Waals surface area contributed by atoms with Crippen LogP contribution in [0.1, 0.15) is 31.9 Å². The zero-order valence-corrected chi connectivity index (χ0v) is 18.5. The number of carbonyl (C=O) groups is 1. The zero-order chi connectivity index (χ0) is 20.1. The number of hydrogen-bond acceptors (Lipinski definition) is 6. The van der Waals surface area contributed by atoms with Gasteiger partial charge in [0.05, 0.1) is 6.20 Å². The molecule has 0 saturated heterocycles. The lowest BCUT2D eigenvalue weighted by atomic mass is 9.83. The first-order valence-electron chi connectivity index (χ1n) is 8.53. The SMILES string of the molecule is CC(C)(C)OC(=O)NC1=NC2(CS1)c1cc(Br)ccc1Oc1cnc(Cl)cc12. The first-order valence-corrected chi connectivity index (χ1v) is 10.7. The number of thioether (sulfide) groups is 1. The summed E-state index contributed by atoms with van der Waals surface area (Å²) < 4.78 is 12.3. The van der Waals surface area contributed by atoms with E-state index in [0.29, 0.717) is 27.6 Å². The normalized spacial score (nSPS) is 20.1. The quantitative estimate of drug-likeness (QED) is 0.504. The third-order valence-electron chi connectivity index (χ3n) is 4.20. The summed E-state index contributed by atoms with van der Waals surface area (Å²) in [6.07, 6.45) is 1.06. The number of hydrogen-bond donors (Lipinski definition) is 1. The van der Waals surface area contributed by atoms with Crippen LogP contribution < -0.4 is 10.1 Å². The van der Waals surface area contributed by atoms with E-state index in [2.05, 4.69) is 26.2 Å². The smallest absolute Gasteiger partial charge is 0.413 e. The van der Waals surface area contributed by atoms with E-state index >= 15 is 0 Å². The van der Waals surface area contributed by atoms with E-state index in [1.165, 1.54) is 11.8 Å². The number of aliphatic imine (C=N–C) groups is 1. The van der Waals surface area contributed by atoms with Crippen molar-refractivity contribution in [2.24, 2.45) is 4.99 Å². The molecule has 1 N–H and O–H groups in total. The van der Waals surface area contributed by atoms with Gasteiger partial charge in [0, 0.05) is 21.4 Å². The molecule has 6 nitrogen and oxygen atoms in total. The summed E-state index contributed by atoms with van der Waals surface area (Å²) >= 11 is 11.1. The van der Waals surface area contributed by atoms with E-state index in [0.717, 1.165) is 15.6 Å². The summed E-state index contributed by atoms with van der Waals surface area (Å²) in [5.74, 6) is 1.88. The van der Waals surface area contributed by atoms with Crippen molar-refractivity contribution in [3.8, 4) is 11.5 Å². The van der Waals surface area contributed by atoms with Crippen LogP contribution >= 0.6 is 39.3 Å². The number of amides is 1. The van der Waals surface area contributed by atoms with Crippen LogP contribution in [0.3, 0.4) is 0 Å². The number of pyridine rings is 1. The minimum Gasteiger partial charge on any atom is -0.455 e. The van der Waals surface area contributed by atoms with Crippen molar-refractivity contribution in [1.82, 2.24) is 10.3 Å². The van der Waals surface area contributed by atoms with Gasteiger partial charge >= 0.3 is 6.09 Å². The van der Waals surface area contributed by atoms with Crippen molar-refractivity contribution in [3.63, 3.8) is 0 Å². The summed E-state index contributed by atoms with van der Waals surface area (Å²) in [4.78, 5) is 21.2. The molecule has 0 bridgehead atoms. The summed E-state index contributed by atoms with van der Waals surface area (Å²) in [5, 5.41) is 3.59. The molecule has 0 radical (unpaired) electrons. The van der Waals surface area contributed by atoms with Crippen LogP contribution in [0.25, 0.3) is 0 Å². The van der Waals surface area contributed by atoms with Gasteiger partial charge in [0.15, 0.2) is 10.9 Å². The van der Waals surface area contributed by atoms with Gasteiger partial charge in [-0.1, -0.05) is 39.3 Å². The number of halogens is 2. The molecule has 1 amide bonds. The first kappa shape index (κ1) is 19.5. The number of fused-ring (bicyclic) bond motifs is 4. The topological polar surface area (TPSA) is 72.8 Å². The molecule has 1 atom stereocenters. The van der Waals surface area contributed by atoms with Gasteiger partial charge in [0.2, 0.25) is 0 Å². The molecule has 2 aromatic rings. The molecule has 1 spiro atoms. The molecule has 3 heterocycles. The van der Waals surface area contributed by atoms with Crippen LogP contribution in [0, 0.1) is 0 Å². The molecule has 1 aromatic carbocycles. The fourth-order valence-electron chi connectivity index (χ4n) is 3.14. The second-order valence-corrected chi connectivity index (χ2v) is 9.71. The second-order valence-electron chi connectivity index (χ2n) is 7.44. The number of carbonyl (C=O) groups excluding carboxylic acids is 1. The van der Waals surface area contributed by atoms with Gasteiger partial charge in [-0.25, -0.2) is 14.8 Å². The van der Waals surface area contributed by atoms with Gasteiger partial charge in [-0.05, 0) is 45.0 Å². The van der Waals surface area contributed by atoms with Crippen LogP contribution in [-0.4, -0.2) is 27.6 Å².